The molecule has 0 aliphatic rings. The maximum atomic E-state index is 12.9. The first-order valence-corrected chi connectivity index (χ1v) is 9.56. The molecule has 0 saturated carbocycles. The quantitative estimate of drug-likeness (QED) is 0.460. The second-order valence-corrected chi connectivity index (χ2v) is 8.22. The first kappa shape index (κ1) is 17.2. The SMILES string of the molecule is Cc1ccc2cc(Cn3cnc4sc(C)c(C)c4c3=O)c(Cl)nc2c1C. The Bertz CT molecular complexity index is 1240. The molecule has 4 rings (SSSR count). The molecule has 1 aromatic carbocycles. The van der Waals surface area contributed by atoms with Crippen molar-refractivity contribution in [1.29, 1.82) is 0 Å². The molecule has 0 radical (unpaired) electrons. The van der Waals surface area contributed by atoms with Crippen molar-refractivity contribution in [3.05, 3.63) is 67.2 Å². The molecule has 0 atom stereocenters. The number of aryl methyl sites for hydroxylation is 4. The molecule has 0 saturated heterocycles. The minimum Gasteiger partial charge on any atom is -0.294 e. The largest absolute Gasteiger partial charge is 0.294 e. The molecule has 0 spiro atoms. The Morgan fingerprint density at radius 2 is 1.92 bits per heavy atom. The van der Waals surface area contributed by atoms with E-state index in [4.69, 9.17) is 11.6 Å². The molecule has 6 heteroatoms. The highest BCUT2D eigenvalue weighted by molar-refractivity contribution is 7.18. The van der Waals surface area contributed by atoms with Gasteiger partial charge in [0.15, 0.2) is 0 Å². The van der Waals surface area contributed by atoms with Gasteiger partial charge in [0.25, 0.3) is 5.56 Å². The summed E-state index contributed by atoms with van der Waals surface area (Å²) in [5, 5.41) is 2.15. The molecule has 4 aromatic rings. The lowest BCUT2D eigenvalue weighted by molar-refractivity contribution is 0.747. The lowest BCUT2D eigenvalue weighted by atomic mass is 10.0. The van der Waals surface area contributed by atoms with Gasteiger partial charge in [-0.25, -0.2) is 9.97 Å². The van der Waals surface area contributed by atoms with Crippen molar-refractivity contribution in [1.82, 2.24) is 14.5 Å². The summed E-state index contributed by atoms with van der Waals surface area (Å²) in [6.07, 6.45) is 1.60. The van der Waals surface area contributed by atoms with Gasteiger partial charge in [0.2, 0.25) is 0 Å². The van der Waals surface area contributed by atoms with Crippen LogP contribution in [0.15, 0.2) is 29.3 Å². The number of hydrogen-bond donors (Lipinski definition) is 0. The molecule has 26 heavy (non-hydrogen) atoms. The Kier molecular flexibility index (Phi) is 4.09. The Balaban J connectivity index is 1.85. The third-order valence-electron chi connectivity index (χ3n) is 5.03. The second kappa shape index (κ2) is 6.18. The Hall–Kier alpha value is -2.24. The summed E-state index contributed by atoms with van der Waals surface area (Å²) in [4.78, 5) is 23.9. The van der Waals surface area contributed by atoms with Gasteiger partial charge in [-0.2, -0.15) is 0 Å². The summed E-state index contributed by atoms with van der Waals surface area (Å²) < 4.78 is 1.61. The minimum atomic E-state index is -0.0342. The van der Waals surface area contributed by atoms with Gasteiger partial charge in [-0.3, -0.25) is 9.36 Å². The van der Waals surface area contributed by atoms with Crippen LogP contribution < -0.4 is 5.56 Å². The number of aromatic nitrogens is 3. The van der Waals surface area contributed by atoms with Crippen molar-refractivity contribution in [3.8, 4) is 0 Å². The van der Waals surface area contributed by atoms with Crippen LogP contribution >= 0.6 is 22.9 Å². The van der Waals surface area contributed by atoms with Gasteiger partial charge < -0.3 is 0 Å². The van der Waals surface area contributed by atoms with Crippen LogP contribution in [-0.4, -0.2) is 14.5 Å². The van der Waals surface area contributed by atoms with E-state index in [0.29, 0.717) is 17.1 Å². The molecule has 4 nitrogen and oxygen atoms in total. The van der Waals surface area contributed by atoms with Crippen LogP contribution in [0.4, 0.5) is 0 Å². The normalized spacial score (nSPS) is 11.6. The maximum Gasteiger partial charge on any atom is 0.262 e. The first-order valence-electron chi connectivity index (χ1n) is 8.37. The van der Waals surface area contributed by atoms with Crippen LogP contribution in [0.2, 0.25) is 5.15 Å². The lowest BCUT2D eigenvalue weighted by Crippen LogP contribution is -2.21. The average Bonchev–Trinajstić information content (AvgIpc) is 2.90. The second-order valence-electron chi connectivity index (χ2n) is 6.66. The van der Waals surface area contributed by atoms with Gasteiger partial charge in [-0.15, -0.1) is 11.3 Å². The summed E-state index contributed by atoms with van der Waals surface area (Å²) in [6.45, 7) is 8.44. The molecule has 0 N–H and O–H groups in total. The van der Waals surface area contributed by atoms with Crippen LogP contribution in [0.25, 0.3) is 21.1 Å². The topological polar surface area (TPSA) is 47.8 Å². The molecule has 0 unspecified atom stereocenters. The maximum absolute atomic E-state index is 12.9. The van der Waals surface area contributed by atoms with Crippen LogP contribution in [0.5, 0.6) is 0 Å². The highest BCUT2D eigenvalue weighted by atomic mass is 35.5. The predicted molar refractivity (Wildman–Crippen MR) is 109 cm³/mol. The van der Waals surface area contributed by atoms with Gasteiger partial charge in [-0.1, -0.05) is 23.7 Å². The van der Waals surface area contributed by atoms with E-state index >= 15 is 0 Å². The van der Waals surface area contributed by atoms with Crippen molar-refractivity contribution in [2.45, 2.75) is 34.2 Å². The molecule has 0 fully saturated rings. The van der Waals surface area contributed by atoms with Gasteiger partial charge in [0, 0.05) is 15.8 Å². The van der Waals surface area contributed by atoms with E-state index in [1.54, 1.807) is 22.2 Å². The lowest BCUT2D eigenvalue weighted by Gasteiger charge is -2.11. The molecule has 0 amide bonds. The predicted octanol–water partition coefficient (Wildman–Crippen LogP) is 4.94. The fourth-order valence-electron chi connectivity index (χ4n) is 3.18. The van der Waals surface area contributed by atoms with E-state index in [2.05, 4.69) is 23.0 Å². The van der Waals surface area contributed by atoms with Gasteiger partial charge in [0.1, 0.15) is 9.98 Å². The smallest absolute Gasteiger partial charge is 0.262 e. The molecular weight excluding hydrogens is 366 g/mol. The van der Waals surface area contributed by atoms with E-state index in [-0.39, 0.29) is 5.56 Å². The number of fused-ring (bicyclic) bond motifs is 2. The molecule has 3 aromatic heterocycles. The van der Waals surface area contributed by atoms with Crippen LogP contribution in [0.3, 0.4) is 0 Å². The minimum absolute atomic E-state index is 0.0342. The van der Waals surface area contributed by atoms with Gasteiger partial charge >= 0.3 is 0 Å². The van der Waals surface area contributed by atoms with E-state index < -0.39 is 0 Å². The highest BCUT2D eigenvalue weighted by Gasteiger charge is 2.14. The van der Waals surface area contributed by atoms with E-state index in [1.807, 2.05) is 32.9 Å². The third kappa shape index (κ3) is 2.63. The molecule has 0 aliphatic heterocycles. The van der Waals surface area contributed by atoms with Crippen molar-refractivity contribution >= 4 is 44.1 Å². The Labute approximate surface area is 160 Å². The van der Waals surface area contributed by atoms with E-state index in [9.17, 15) is 4.79 Å². The molecule has 132 valence electrons. The Morgan fingerprint density at radius 1 is 1.15 bits per heavy atom. The number of nitrogens with zero attached hydrogens (tertiary/aromatic N) is 3. The first-order chi connectivity index (χ1) is 12.4. The summed E-state index contributed by atoms with van der Waals surface area (Å²) >= 11 is 7.99. The van der Waals surface area contributed by atoms with Crippen LogP contribution in [0, 0.1) is 27.7 Å². The summed E-state index contributed by atoms with van der Waals surface area (Å²) in [6, 6.07) is 6.13. The molecule has 3 heterocycles. The molecule has 0 bridgehead atoms. The zero-order valence-corrected chi connectivity index (χ0v) is 16.6. The van der Waals surface area contributed by atoms with Crippen molar-refractivity contribution in [2.75, 3.05) is 0 Å². The number of thiophene rings is 1. The standard InChI is InChI=1S/C20H18ClN3OS/c1-10-5-6-14-7-15(18(21)23-17(14)11(10)2)8-24-9-22-19-16(20(24)25)12(3)13(4)26-19/h5-7,9H,8H2,1-4H3. The number of benzene rings is 1. The summed E-state index contributed by atoms with van der Waals surface area (Å²) in [7, 11) is 0. The van der Waals surface area contributed by atoms with Crippen molar-refractivity contribution in [2.24, 2.45) is 0 Å². The zero-order chi connectivity index (χ0) is 18.6. The van der Waals surface area contributed by atoms with Crippen LogP contribution in [-0.2, 0) is 6.54 Å². The third-order valence-corrected chi connectivity index (χ3v) is 6.48. The fraction of sp³-hybridized carbons (Fsp3) is 0.250. The number of pyridine rings is 1. The van der Waals surface area contributed by atoms with E-state index in [1.165, 1.54) is 5.56 Å². The number of hydrogen-bond acceptors (Lipinski definition) is 4. The fourth-order valence-corrected chi connectivity index (χ4v) is 4.37. The number of rotatable bonds is 2. The van der Waals surface area contributed by atoms with Crippen molar-refractivity contribution in [3.63, 3.8) is 0 Å². The zero-order valence-electron chi connectivity index (χ0n) is 15.1. The molecular formula is C20H18ClN3OS. The molecule has 0 aliphatic carbocycles. The monoisotopic (exact) mass is 383 g/mol. The van der Waals surface area contributed by atoms with Crippen LogP contribution in [0.1, 0.15) is 27.1 Å². The Morgan fingerprint density at radius 3 is 2.69 bits per heavy atom. The van der Waals surface area contributed by atoms with Crippen molar-refractivity contribution < 1.29 is 0 Å². The number of halogens is 1. The summed E-state index contributed by atoms with van der Waals surface area (Å²) in [5.41, 5.74) is 5.00. The summed E-state index contributed by atoms with van der Waals surface area (Å²) in [5.74, 6) is 0. The van der Waals surface area contributed by atoms with Gasteiger partial charge in [-0.05, 0) is 50.5 Å². The highest BCUT2D eigenvalue weighted by Crippen LogP contribution is 2.27. The average molecular weight is 384 g/mol. The van der Waals surface area contributed by atoms with E-state index in [0.717, 1.165) is 37.3 Å². The van der Waals surface area contributed by atoms with Gasteiger partial charge in [0.05, 0.1) is 23.8 Å².